The number of ether oxygens (including phenoxy) is 2. The smallest absolute Gasteiger partial charge is 0.407 e. The summed E-state index contributed by atoms with van der Waals surface area (Å²) in [5.74, 6) is 2.09. The van der Waals surface area contributed by atoms with E-state index in [1.807, 2.05) is 31.1 Å². The lowest BCUT2D eigenvalue weighted by molar-refractivity contribution is -0.135. The van der Waals surface area contributed by atoms with Crippen LogP contribution in [0, 0.1) is 5.92 Å². The Balaban J connectivity index is 1.03. The normalized spacial score (nSPS) is 22.5. The number of amides is 4. The summed E-state index contributed by atoms with van der Waals surface area (Å²) in [5.41, 5.74) is 4.40. The van der Waals surface area contributed by atoms with E-state index < -0.39 is 18.2 Å². The van der Waals surface area contributed by atoms with E-state index in [1.54, 1.807) is 4.90 Å². The molecule has 274 valence electrons. The van der Waals surface area contributed by atoms with Crippen LogP contribution in [0.5, 0.6) is 0 Å². The van der Waals surface area contributed by atoms with Crippen LogP contribution in [0.1, 0.15) is 112 Å². The van der Waals surface area contributed by atoms with Crippen molar-refractivity contribution in [2.75, 3.05) is 33.9 Å². The van der Waals surface area contributed by atoms with Crippen molar-refractivity contribution < 1.29 is 28.7 Å². The number of nitrogens with zero attached hydrogens (tertiary/aromatic N) is 4. The maximum atomic E-state index is 13.5. The Bertz CT molecular complexity index is 1680. The lowest BCUT2D eigenvalue weighted by atomic mass is 9.77. The highest BCUT2D eigenvalue weighted by atomic mass is 16.5. The van der Waals surface area contributed by atoms with Gasteiger partial charge in [-0.2, -0.15) is 0 Å². The number of H-pyrrole nitrogens is 2. The number of nitrogens with one attached hydrogen (secondary N) is 4. The number of hydrogen-bond acceptors (Lipinski definition) is 8. The van der Waals surface area contributed by atoms with Crippen molar-refractivity contribution in [3.63, 3.8) is 0 Å². The number of benzene rings is 1. The molecule has 3 aromatic rings. The first-order valence-corrected chi connectivity index (χ1v) is 18.1. The molecular formula is C37H50N8O6. The molecule has 0 radical (unpaired) electrons. The highest BCUT2D eigenvalue weighted by Crippen LogP contribution is 2.41. The number of rotatable bonds is 10. The number of methoxy groups -OCH3 is 2. The van der Waals surface area contributed by atoms with E-state index in [0.29, 0.717) is 24.9 Å². The summed E-state index contributed by atoms with van der Waals surface area (Å²) in [6, 6.07) is 7.75. The Labute approximate surface area is 298 Å². The van der Waals surface area contributed by atoms with Crippen molar-refractivity contribution in [2.45, 2.75) is 95.2 Å². The van der Waals surface area contributed by atoms with Crippen molar-refractivity contribution in [3.05, 3.63) is 59.6 Å². The second kappa shape index (κ2) is 16.0. The summed E-state index contributed by atoms with van der Waals surface area (Å²) in [7, 11) is 2.57. The molecule has 2 aromatic heterocycles. The van der Waals surface area contributed by atoms with Gasteiger partial charge in [-0.1, -0.05) is 38.1 Å². The molecule has 1 aromatic carbocycles. The van der Waals surface area contributed by atoms with Gasteiger partial charge in [-0.3, -0.25) is 9.59 Å². The summed E-state index contributed by atoms with van der Waals surface area (Å²) in [5, 5.41) is 5.18. The molecule has 1 unspecified atom stereocenters. The zero-order valence-electron chi connectivity index (χ0n) is 29.9. The molecule has 51 heavy (non-hydrogen) atoms. The van der Waals surface area contributed by atoms with Crippen molar-refractivity contribution in [1.82, 2.24) is 40.4 Å². The minimum atomic E-state index is -0.670. The van der Waals surface area contributed by atoms with E-state index in [4.69, 9.17) is 9.72 Å². The van der Waals surface area contributed by atoms with Gasteiger partial charge in [0.25, 0.3) is 0 Å². The van der Waals surface area contributed by atoms with Crippen LogP contribution in [0.4, 0.5) is 9.59 Å². The molecule has 4 heterocycles. The molecule has 3 fully saturated rings. The number of likely N-dealkylation sites (tertiary alicyclic amines) is 2. The molecule has 14 heteroatoms. The number of hydrogen-bond donors (Lipinski definition) is 4. The van der Waals surface area contributed by atoms with Crippen LogP contribution < -0.4 is 10.6 Å². The number of alkyl carbamates (subject to hydrolysis) is 2. The maximum absolute atomic E-state index is 13.5. The van der Waals surface area contributed by atoms with Gasteiger partial charge < -0.3 is 39.9 Å². The average Bonchev–Trinajstić information content (AvgIpc) is 3.99. The number of imidazole rings is 2. The quantitative estimate of drug-likeness (QED) is 0.220. The Kier molecular flexibility index (Phi) is 11.3. The van der Waals surface area contributed by atoms with Crippen LogP contribution in [0.2, 0.25) is 0 Å². The molecule has 0 spiro atoms. The molecule has 3 atom stereocenters. The summed E-state index contributed by atoms with van der Waals surface area (Å²) < 4.78 is 9.34. The van der Waals surface area contributed by atoms with Crippen LogP contribution >= 0.6 is 0 Å². The van der Waals surface area contributed by atoms with E-state index in [0.717, 1.165) is 80.0 Å². The molecule has 14 nitrogen and oxygen atoms in total. The van der Waals surface area contributed by atoms with Gasteiger partial charge in [0.1, 0.15) is 24.2 Å². The highest BCUT2D eigenvalue weighted by Gasteiger charge is 2.38. The first-order chi connectivity index (χ1) is 24.7. The third kappa shape index (κ3) is 8.04. The first kappa shape index (κ1) is 35.9. The SMILES string of the molecule is COC(=O)NCC(=O)N1CCC[C@H]1c1ncc(C2CCC(c3ccc(-c4cnc([C@@H]5CCCN5C(=O)C(NC(=O)OC)C(C)C)[nH]4)cc3)CC2)[nH]1. The van der Waals surface area contributed by atoms with Crippen LogP contribution in [0.15, 0.2) is 36.7 Å². The Morgan fingerprint density at radius 1 is 0.804 bits per heavy atom. The van der Waals surface area contributed by atoms with Crippen LogP contribution in [0.3, 0.4) is 0 Å². The molecular weight excluding hydrogens is 652 g/mol. The second-order valence-electron chi connectivity index (χ2n) is 14.2. The summed E-state index contributed by atoms with van der Waals surface area (Å²) in [4.78, 5) is 69.6. The lowest BCUT2D eigenvalue weighted by Crippen LogP contribution is -2.51. The zero-order valence-corrected chi connectivity index (χ0v) is 29.9. The van der Waals surface area contributed by atoms with E-state index in [1.165, 1.54) is 19.8 Å². The largest absolute Gasteiger partial charge is 0.453 e. The van der Waals surface area contributed by atoms with Crippen LogP contribution in [-0.4, -0.2) is 93.6 Å². The molecule has 4 N–H and O–H groups in total. The van der Waals surface area contributed by atoms with Gasteiger partial charge >= 0.3 is 12.2 Å². The molecule has 1 aliphatic carbocycles. The van der Waals surface area contributed by atoms with Crippen LogP contribution in [-0.2, 0) is 19.1 Å². The first-order valence-electron chi connectivity index (χ1n) is 18.1. The standard InChI is InChI=1S/C37H50N8O6/c1-22(2)32(43-37(49)51-4)35(47)45-18-6-8-30(45)34-39-20-28(42-34)26-15-11-24(12-16-26)23-9-13-25(14-10-23)27-19-38-33(41-27)29-7-5-17-44(29)31(46)21-40-36(48)50-3/h11-12,15-16,19-20,22-23,25,29-30,32H,5-10,13-14,17-18,21H2,1-4H3,(H,38,41)(H,39,42)(H,40,48)(H,43,49)/t23?,25?,29-,30-,32?/m0/s1. The third-order valence-electron chi connectivity index (χ3n) is 10.8. The number of aromatic nitrogens is 4. The minimum Gasteiger partial charge on any atom is -0.453 e. The monoisotopic (exact) mass is 702 g/mol. The Hall–Kier alpha value is -4.88. The van der Waals surface area contributed by atoms with Crippen molar-refractivity contribution >= 4 is 24.0 Å². The van der Waals surface area contributed by atoms with Gasteiger partial charge in [0.15, 0.2) is 0 Å². The van der Waals surface area contributed by atoms with Gasteiger partial charge in [-0.15, -0.1) is 0 Å². The van der Waals surface area contributed by atoms with Crippen molar-refractivity contribution in [3.8, 4) is 11.3 Å². The second-order valence-corrected chi connectivity index (χ2v) is 14.2. The molecule has 4 amide bonds. The van der Waals surface area contributed by atoms with Crippen molar-refractivity contribution in [2.24, 2.45) is 5.92 Å². The molecule has 2 aliphatic heterocycles. The minimum absolute atomic E-state index is 0.0895. The number of aromatic amines is 2. The maximum Gasteiger partial charge on any atom is 0.407 e. The molecule has 0 bridgehead atoms. The number of carbonyl (C=O) groups is 4. The molecule has 1 saturated carbocycles. The molecule has 6 rings (SSSR count). The van der Waals surface area contributed by atoms with E-state index >= 15 is 0 Å². The topological polar surface area (TPSA) is 175 Å². The highest BCUT2D eigenvalue weighted by molar-refractivity contribution is 5.86. The van der Waals surface area contributed by atoms with E-state index in [-0.39, 0.29) is 36.4 Å². The average molecular weight is 703 g/mol. The van der Waals surface area contributed by atoms with Gasteiger partial charge in [0.05, 0.1) is 38.2 Å². The summed E-state index contributed by atoms with van der Waals surface area (Å²) in [6.45, 7) is 4.98. The van der Waals surface area contributed by atoms with Gasteiger partial charge in [0.2, 0.25) is 11.8 Å². The fourth-order valence-electron chi connectivity index (χ4n) is 7.92. The predicted octanol–water partition coefficient (Wildman–Crippen LogP) is 5.30. The zero-order chi connectivity index (χ0) is 36.1. The van der Waals surface area contributed by atoms with E-state index in [9.17, 15) is 19.2 Å². The molecule has 3 aliphatic rings. The molecule has 2 saturated heterocycles. The predicted molar refractivity (Wildman–Crippen MR) is 189 cm³/mol. The van der Waals surface area contributed by atoms with Gasteiger partial charge in [-0.05, 0) is 74.3 Å². The fraction of sp³-hybridized carbons (Fsp3) is 0.568. The summed E-state index contributed by atoms with van der Waals surface area (Å²) >= 11 is 0. The Morgan fingerprint density at radius 2 is 1.41 bits per heavy atom. The van der Waals surface area contributed by atoms with Crippen molar-refractivity contribution in [1.29, 1.82) is 0 Å². The number of carbonyl (C=O) groups excluding carboxylic acids is 4. The van der Waals surface area contributed by atoms with Gasteiger partial charge in [-0.25, -0.2) is 19.6 Å². The Morgan fingerprint density at radius 3 is 2.08 bits per heavy atom. The van der Waals surface area contributed by atoms with Crippen LogP contribution in [0.25, 0.3) is 11.3 Å². The van der Waals surface area contributed by atoms with E-state index in [2.05, 4.69) is 54.6 Å². The van der Waals surface area contributed by atoms with Gasteiger partial charge in [0, 0.05) is 30.9 Å². The lowest BCUT2D eigenvalue weighted by Gasteiger charge is -2.30. The third-order valence-corrected chi connectivity index (χ3v) is 10.8. The summed E-state index contributed by atoms with van der Waals surface area (Å²) in [6.07, 6.45) is 10.2. The fourth-order valence-corrected chi connectivity index (χ4v) is 7.92.